The molecule has 0 radical (unpaired) electrons. The average Bonchev–Trinajstić information content (AvgIpc) is 2.15. The van der Waals surface area contributed by atoms with Crippen LogP contribution >= 0.6 is 0 Å². The summed E-state index contributed by atoms with van der Waals surface area (Å²) in [4.78, 5) is 34.2. The topological polar surface area (TPSA) is 69.7 Å². The summed E-state index contributed by atoms with van der Waals surface area (Å²) in [5.41, 5.74) is -1.15. The predicted molar refractivity (Wildman–Crippen MR) is 54.5 cm³/mol. The molecule has 0 saturated carbocycles. The molecule has 0 aromatic heterocycles. The third kappa shape index (κ3) is 1.85. The van der Waals surface area contributed by atoms with Crippen molar-refractivity contribution in [3.05, 3.63) is 11.3 Å². The molecule has 0 N–H and O–H groups in total. The van der Waals surface area contributed by atoms with Gasteiger partial charge in [-0.2, -0.15) is 0 Å². The highest BCUT2D eigenvalue weighted by molar-refractivity contribution is 6.14. The Hall–Kier alpha value is -1.65. The molecule has 0 spiro atoms. The Morgan fingerprint density at radius 1 is 1.38 bits per heavy atom. The second-order valence-electron chi connectivity index (χ2n) is 3.81. The SMILES string of the molecule is COC1=C(C)C(=O)CC(=O)C1(C)OC(C)=O. The summed E-state index contributed by atoms with van der Waals surface area (Å²) in [7, 11) is 1.34. The molecule has 88 valence electrons. The van der Waals surface area contributed by atoms with Crippen molar-refractivity contribution >= 4 is 17.5 Å². The molecule has 5 nitrogen and oxygen atoms in total. The van der Waals surface area contributed by atoms with E-state index < -0.39 is 17.4 Å². The summed E-state index contributed by atoms with van der Waals surface area (Å²) < 4.78 is 10.0. The van der Waals surface area contributed by atoms with Crippen LogP contribution in [0.2, 0.25) is 0 Å². The van der Waals surface area contributed by atoms with Crippen LogP contribution in [0, 0.1) is 0 Å². The first-order valence-electron chi connectivity index (χ1n) is 4.84. The molecule has 1 rings (SSSR count). The van der Waals surface area contributed by atoms with E-state index in [0.717, 1.165) is 0 Å². The van der Waals surface area contributed by atoms with Gasteiger partial charge in [-0.15, -0.1) is 0 Å². The average molecular weight is 226 g/mol. The fraction of sp³-hybridized carbons (Fsp3) is 0.545. The van der Waals surface area contributed by atoms with Gasteiger partial charge in [-0.3, -0.25) is 14.4 Å². The first-order chi connectivity index (χ1) is 7.32. The molecule has 0 amide bonds. The van der Waals surface area contributed by atoms with Gasteiger partial charge in [0.05, 0.1) is 13.5 Å². The number of esters is 1. The maximum Gasteiger partial charge on any atom is 0.304 e. The molecule has 0 bridgehead atoms. The van der Waals surface area contributed by atoms with E-state index in [2.05, 4.69) is 0 Å². The number of carbonyl (C=O) groups excluding carboxylic acids is 3. The van der Waals surface area contributed by atoms with Gasteiger partial charge < -0.3 is 9.47 Å². The Bertz CT molecular complexity index is 393. The van der Waals surface area contributed by atoms with Crippen LogP contribution in [0.25, 0.3) is 0 Å². The zero-order chi connectivity index (χ0) is 12.5. The van der Waals surface area contributed by atoms with Gasteiger partial charge in [0.25, 0.3) is 0 Å². The fourth-order valence-electron chi connectivity index (χ4n) is 1.80. The van der Waals surface area contributed by atoms with E-state index in [0.29, 0.717) is 5.57 Å². The summed E-state index contributed by atoms with van der Waals surface area (Å²) in [6.45, 7) is 4.19. The summed E-state index contributed by atoms with van der Waals surface area (Å²) >= 11 is 0. The van der Waals surface area contributed by atoms with Crippen molar-refractivity contribution in [2.45, 2.75) is 32.8 Å². The molecule has 1 aliphatic rings. The lowest BCUT2D eigenvalue weighted by Crippen LogP contribution is -2.47. The highest BCUT2D eigenvalue weighted by atomic mass is 16.6. The minimum Gasteiger partial charge on any atom is -0.496 e. The van der Waals surface area contributed by atoms with E-state index in [-0.39, 0.29) is 18.0 Å². The van der Waals surface area contributed by atoms with Gasteiger partial charge >= 0.3 is 5.97 Å². The fourth-order valence-corrected chi connectivity index (χ4v) is 1.80. The van der Waals surface area contributed by atoms with Gasteiger partial charge in [0, 0.05) is 12.5 Å². The second kappa shape index (κ2) is 4.08. The minimum atomic E-state index is -1.47. The van der Waals surface area contributed by atoms with Gasteiger partial charge in [-0.05, 0) is 13.8 Å². The maximum atomic E-state index is 11.8. The summed E-state index contributed by atoms with van der Waals surface area (Å²) in [5.74, 6) is -1.24. The van der Waals surface area contributed by atoms with Crippen LogP contribution in [0.1, 0.15) is 27.2 Å². The van der Waals surface area contributed by atoms with Crippen LogP contribution in [-0.2, 0) is 23.9 Å². The van der Waals surface area contributed by atoms with Crippen molar-refractivity contribution in [3.8, 4) is 0 Å². The summed E-state index contributed by atoms with van der Waals surface area (Å²) in [5, 5.41) is 0. The lowest BCUT2D eigenvalue weighted by molar-refractivity contribution is -0.165. The molecule has 0 aromatic carbocycles. The zero-order valence-corrected chi connectivity index (χ0v) is 9.75. The van der Waals surface area contributed by atoms with Gasteiger partial charge in [-0.1, -0.05) is 0 Å². The van der Waals surface area contributed by atoms with Crippen LogP contribution < -0.4 is 0 Å². The lowest BCUT2D eigenvalue weighted by Gasteiger charge is -2.33. The Morgan fingerprint density at radius 3 is 2.38 bits per heavy atom. The van der Waals surface area contributed by atoms with Crippen molar-refractivity contribution in [2.24, 2.45) is 0 Å². The molecule has 0 heterocycles. The summed E-state index contributed by atoms with van der Waals surface area (Å²) in [6.07, 6.45) is -0.261. The molecule has 5 heteroatoms. The van der Waals surface area contributed by atoms with Gasteiger partial charge in [0.15, 0.2) is 17.3 Å². The monoisotopic (exact) mass is 226 g/mol. The van der Waals surface area contributed by atoms with Crippen molar-refractivity contribution in [1.29, 1.82) is 0 Å². The van der Waals surface area contributed by atoms with Crippen molar-refractivity contribution in [3.63, 3.8) is 0 Å². The second-order valence-corrected chi connectivity index (χ2v) is 3.81. The number of Topliss-reactive ketones (excluding diaryl/α,β-unsaturated/α-hetero) is 2. The van der Waals surface area contributed by atoms with Crippen molar-refractivity contribution in [1.82, 2.24) is 0 Å². The van der Waals surface area contributed by atoms with E-state index in [1.54, 1.807) is 6.92 Å². The minimum absolute atomic E-state index is 0.115. The quantitative estimate of drug-likeness (QED) is 0.514. The van der Waals surface area contributed by atoms with Gasteiger partial charge in [-0.25, -0.2) is 0 Å². The van der Waals surface area contributed by atoms with Gasteiger partial charge in [0.1, 0.15) is 0 Å². The smallest absolute Gasteiger partial charge is 0.304 e. The Morgan fingerprint density at radius 2 is 1.94 bits per heavy atom. The molecule has 0 fully saturated rings. The molecule has 0 aromatic rings. The number of hydrogen-bond acceptors (Lipinski definition) is 5. The maximum absolute atomic E-state index is 11.8. The van der Waals surface area contributed by atoms with E-state index in [1.165, 1.54) is 21.0 Å². The third-order valence-corrected chi connectivity index (χ3v) is 2.60. The number of ether oxygens (including phenoxy) is 2. The van der Waals surface area contributed by atoms with Crippen molar-refractivity contribution in [2.75, 3.05) is 7.11 Å². The van der Waals surface area contributed by atoms with Crippen molar-refractivity contribution < 1.29 is 23.9 Å². The van der Waals surface area contributed by atoms with Crippen LogP contribution in [0.3, 0.4) is 0 Å². The number of ketones is 2. The lowest BCUT2D eigenvalue weighted by atomic mass is 9.84. The first kappa shape index (κ1) is 12.4. The highest BCUT2D eigenvalue weighted by Gasteiger charge is 2.47. The predicted octanol–water partition coefficient (Wildman–Crippen LogP) is 0.770. The Kier molecular flexibility index (Phi) is 3.16. The molecule has 1 aliphatic carbocycles. The Labute approximate surface area is 93.4 Å². The molecule has 1 unspecified atom stereocenters. The highest BCUT2D eigenvalue weighted by Crippen LogP contribution is 2.32. The summed E-state index contributed by atoms with van der Waals surface area (Å²) in [6, 6.07) is 0. The van der Waals surface area contributed by atoms with Crippen LogP contribution in [-0.4, -0.2) is 30.2 Å². The van der Waals surface area contributed by atoms with E-state index >= 15 is 0 Å². The standard InChI is InChI=1S/C11H14O5/c1-6-8(13)5-9(14)11(3,10(6)15-4)16-7(2)12/h5H2,1-4H3. The zero-order valence-electron chi connectivity index (χ0n) is 9.75. The molecule has 0 aliphatic heterocycles. The molecular weight excluding hydrogens is 212 g/mol. The van der Waals surface area contributed by atoms with Crippen LogP contribution in [0.15, 0.2) is 11.3 Å². The van der Waals surface area contributed by atoms with E-state index in [9.17, 15) is 14.4 Å². The first-order valence-corrected chi connectivity index (χ1v) is 4.84. The molecular formula is C11H14O5. The Balaban J connectivity index is 3.28. The molecule has 1 atom stereocenters. The molecule has 0 saturated heterocycles. The van der Waals surface area contributed by atoms with E-state index in [4.69, 9.17) is 9.47 Å². The number of rotatable bonds is 2. The van der Waals surface area contributed by atoms with E-state index in [1.807, 2.05) is 0 Å². The number of hydrogen-bond donors (Lipinski definition) is 0. The van der Waals surface area contributed by atoms with Crippen LogP contribution in [0.5, 0.6) is 0 Å². The number of carbonyl (C=O) groups is 3. The number of methoxy groups -OCH3 is 1. The largest absolute Gasteiger partial charge is 0.496 e. The van der Waals surface area contributed by atoms with Gasteiger partial charge in [0.2, 0.25) is 5.60 Å². The van der Waals surface area contributed by atoms with Crippen LogP contribution in [0.4, 0.5) is 0 Å². The molecule has 16 heavy (non-hydrogen) atoms. The normalized spacial score (nSPS) is 25.8. The number of allylic oxidation sites excluding steroid dienone is 1. The third-order valence-electron chi connectivity index (χ3n) is 2.60.